The smallest absolute Gasteiger partial charge is 0.0519 e. The highest BCUT2D eigenvalue weighted by atomic mass is 16.5. The maximum Gasteiger partial charge on any atom is 0.0519 e. The molecular formula is C16H31NO. The van der Waals surface area contributed by atoms with E-state index in [1.807, 2.05) is 0 Å². The quantitative estimate of drug-likeness (QED) is 0.688. The van der Waals surface area contributed by atoms with Crippen LogP contribution in [0.25, 0.3) is 0 Å². The molecule has 0 radical (unpaired) electrons. The Hall–Kier alpha value is -0.0800. The number of hydrogen-bond acceptors (Lipinski definition) is 2. The highest BCUT2D eigenvalue weighted by Crippen LogP contribution is 2.30. The van der Waals surface area contributed by atoms with Gasteiger partial charge in [-0.1, -0.05) is 26.7 Å². The Morgan fingerprint density at radius 2 is 1.61 bits per heavy atom. The van der Waals surface area contributed by atoms with Gasteiger partial charge in [0, 0.05) is 12.5 Å². The van der Waals surface area contributed by atoms with Gasteiger partial charge in [0.05, 0.1) is 13.2 Å². The molecule has 2 fully saturated rings. The molecule has 2 heteroatoms. The summed E-state index contributed by atoms with van der Waals surface area (Å²) in [7, 11) is 0. The van der Waals surface area contributed by atoms with E-state index in [2.05, 4.69) is 18.7 Å². The van der Waals surface area contributed by atoms with E-state index < -0.39 is 0 Å². The lowest BCUT2D eigenvalue weighted by Crippen LogP contribution is -2.43. The standard InChI is InChI=1S/C16H31NO/c1-3-5-14(6-4-2)11-17-9-7-15(8-10-17)16-12-18-13-16/h14-16H,3-13H2,1-2H3. The molecule has 0 aromatic carbocycles. The highest BCUT2D eigenvalue weighted by Gasteiger charge is 2.31. The molecule has 0 aliphatic carbocycles. The zero-order valence-corrected chi connectivity index (χ0v) is 12.4. The number of rotatable bonds is 7. The normalized spacial score (nSPS) is 23.5. The molecule has 0 aromatic heterocycles. The van der Waals surface area contributed by atoms with Crippen molar-refractivity contribution in [1.82, 2.24) is 4.90 Å². The number of piperidine rings is 1. The molecule has 2 saturated heterocycles. The van der Waals surface area contributed by atoms with Crippen LogP contribution < -0.4 is 0 Å². The van der Waals surface area contributed by atoms with Gasteiger partial charge in [-0.3, -0.25) is 0 Å². The third-order valence-corrected chi connectivity index (χ3v) is 4.87. The van der Waals surface area contributed by atoms with E-state index in [4.69, 9.17) is 4.74 Å². The van der Waals surface area contributed by atoms with Crippen LogP contribution in [0.1, 0.15) is 52.4 Å². The molecule has 0 spiro atoms. The number of ether oxygens (including phenoxy) is 1. The lowest BCUT2D eigenvalue weighted by Gasteiger charge is -2.40. The van der Waals surface area contributed by atoms with Crippen LogP contribution in [0.4, 0.5) is 0 Å². The van der Waals surface area contributed by atoms with Gasteiger partial charge in [-0.25, -0.2) is 0 Å². The molecule has 2 aliphatic heterocycles. The van der Waals surface area contributed by atoms with Crippen molar-refractivity contribution in [3.05, 3.63) is 0 Å². The third-order valence-electron chi connectivity index (χ3n) is 4.87. The molecule has 2 aliphatic rings. The lowest BCUT2D eigenvalue weighted by atomic mass is 9.83. The molecule has 2 nitrogen and oxygen atoms in total. The molecule has 18 heavy (non-hydrogen) atoms. The van der Waals surface area contributed by atoms with Gasteiger partial charge in [0.15, 0.2) is 0 Å². The monoisotopic (exact) mass is 253 g/mol. The van der Waals surface area contributed by atoms with E-state index in [1.165, 1.54) is 58.2 Å². The Labute approximate surface area is 113 Å². The Balaban J connectivity index is 1.67. The largest absolute Gasteiger partial charge is 0.381 e. The second kappa shape index (κ2) is 7.49. The van der Waals surface area contributed by atoms with E-state index in [0.717, 1.165) is 31.0 Å². The number of likely N-dealkylation sites (tertiary alicyclic amines) is 1. The second-order valence-corrected chi connectivity index (χ2v) is 6.38. The van der Waals surface area contributed by atoms with Crippen LogP contribution in [0.5, 0.6) is 0 Å². The summed E-state index contributed by atoms with van der Waals surface area (Å²) in [5.74, 6) is 2.81. The zero-order chi connectivity index (χ0) is 12.8. The highest BCUT2D eigenvalue weighted by molar-refractivity contribution is 4.81. The summed E-state index contributed by atoms with van der Waals surface area (Å²) in [5, 5.41) is 0. The van der Waals surface area contributed by atoms with Crippen molar-refractivity contribution >= 4 is 0 Å². The maximum atomic E-state index is 5.33. The van der Waals surface area contributed by atoms with E-state index in [-0.39, 0.29) is 0 Å². The van der Waals surface area contributed by atoms with Crippen LogP contribution in [-0.4, -0.2) is 37.7 Å². The van der Waals surface area contributed by atoms with Crippen molar-refractivity contribution in [1.29, 1.82) is 0 Å². The van der Waals surface area contributed by atoms with Crippen molar-refractivity contribution in [3.8, 4) is 0 Å². The van der Waals surface area contributed by atoms with E-state index in [1.54, 1.807) is 0 Å². The molecule has 0 saturated carbocycles. The van der Waals surface area contributed by atoms with Crippen LogP contribution in [0.15, 0.2) is 0 Å². The van der Waals surface area contributed by atoms with Crippen LogP contribution in [0, 0.1) is 17.8 Å². The van der Waals surface area contributed by atoms with E-state index in [0.29, 0.717) is 0 Å². The van der Waals surface area contributed by atoms with Gasteiger partial charge >= 0.3 is 0 Å². The molecular weight excluding hydrogens is 222 g/mol. The van der Waals surface area contributed by atoms with Gasteiger partial charge < -0.3 is 9.64 Å². The van der Waals surface area contributed by atoms with Gasteiger partial charge in [-0.15, -0.1) is 0 Å². The molecule has 0 bridgehead atoms. The fraction of sp³-hybridized carbons (Fsp3) is 1.00. The fourth-order valence-corrected chi connectivity index (χ4v) is 3.64. The Morgan fingerprint density at radius 1 is 1.00 bits per heavy atom. The molecule has 0 unspecified atom stereocenters. The van der Waals surface area contributed by atoms with Crippen molar-refractivity contribution in [2.75, 3.05) is 32.8 Å². The molecule has 0 atom stereocenters. The van der Waals surface area contributed by atoms with Crippen LogP contribution in [0.2, 0.25) is 0 Å². The summed E-state index contributed by atoms with van der Waals surface area (Å²) in [5.41, 5.74) is 0. The minimum absolute atomic E-state index is 0.897. The first-order valence-corrected chi connectivity index (χ1v) is 8.13. The number of hydrogen-bond donors (Lipinski definition) is 0. The average Bonchev–Trinajstić information content (AvgIpc) is 2.30. The van der Waals surface area contributed by atoms with Crippen molar-refractivity contribution in [3.63, 3.8) is 0 Å². The molecule has 2 heterocycles. The zero-order valence-electron chi connectivity index (χ0n) is 12.4. The van der Waals surface area contributed by atoms with Crippen LogP contribution >= 0.6 is 0 Å². The van der Waals surface area contributed by atoms with Gasteiger partial charge in [0.2, 0.25) is 0 Å². The van der Waals surface area contributed by atoms with Crippen LogP contribution in [-0.2, 0) is 4.74 Å². The SMILES string of the molecule is CCCC(CCC)CN1CCC(C2COC2)CC1. The van der Waals surface area contributed by atoms with E-state index in [9.17, 15) is 0 Å². The minimum atomic E-state index is 0.897. The molecule has 0 amide bonds. The van der Waals surface area contributed by atoms with Gasteiger partial charge in [-0.2, -0.15) is 0 Å². The Bertz CT molecular complexity index is 213. The van der Waals surface area contributed by atoms with Gasteiger partial charge in [0.25, 0.3) is 0 Å². The fourth-order valence-electron chi connectivity index (χ4n) is 3.64. The molecule has 0 aromatic rings. The summed E-state index contributed by atoms with van der Waals surface area (Å²) in [6, 6.07) is 0. The summed E-state index contributed by atoms with van der Waals surface area (Å²) >= 11 is 0. The van der Waals surface area contributed by atoms with Crippen LogP contribution in [0.3, 0.4) is 0 Å². The minimum Gasteiger partial charge on any atom is -0.381 e. The predicted octanol–water partition coefficient (Wildman–Crippen LogP) is 3.56. The lowest BCUT2D eigenvalue weighted by molar-refractivity contribution is -0.0728. The van der Waals surface area contributed by atoms with Crippen molar-refractivity contribution in [2.24, 2.45) is 17.8 Å². The van der Waals surface area contributed by atoms with Crippen molar-refractivity contribution in [2.45, 2.75) is 52.4 Å². The van der Waals surface area contributed by atoms with Gasteiger partial charge in [0.1, 0.15) is 0 Å². The summed E-state index contributed by atoms with van der Waals surface area (Å²) < 4.78 is 5.33. The van der Waals surface area contributed by atoms with Crippen molar-refractivity contribution < 1.29 is 4.74 Å². The first kappa shape index (κ1) is 14.3. The number of nitrogens with zero attached hydrogens (tertiary/aromatic N) is 1. The average molecular weight is 253 g/mol. The topological polar surface area (TPSA) is 12.5 Å². The summed E-state index contributed by atoms with van der Waals surface area (Å²) in [4.78, 5) is 2.73. The van der Waals surface area contributed by atoms with E-state index >= 15 is 0 Å². The summed E-state index contributed by atoms with van der Waals surface area (Å²) in [6.07, 6.45) is 8.37. The summed E-state index contributed by atoms with van der Waals surface area (Å²) in [6.45, 7) is 10.8. The Morgan fingerprint density at radius 3 is 2.06 bits per heavy atom. The maximum absolute atomic E-state index is 5.33. The molecule has 106 valence electrons. The second-order valence-electron chi connectivity index (χ2n) is 6.38. The molecule has 2 rings (SSSR count). The third kappa shape index (κ3) is 3.96. The Kier molecular flexibility index (Phi) is 5.97. The molecule has 0 N–H and O–H groups in total. The predicted molar refractivity (Wildman–Crippen MR) is 76.8 cm³/mol. The first-order valence-electron chi connectivity index (χ1n) is 8.13. The van der Waals surface area contributed by atoms with Gasteiger partial charge in [-0.05, 0) is 50.6 Å². The first-order chi connectivity index (χ1) is 8.83.